The van der Waals surface area contributed by atoms with Gasteiger partial charge in [0.1, 0.15) is 0 Å². The molecule has 1 aromatic rings. The average molecular weight is 341 g/mol. The van der Waals surface area contributed by atoms with Gasteiger partial charge in [0, 0.05) is 4.47 Å². The molecule has 1 fully saturated rings. The molecule has 110 valence electrons. The van der Waals surface area contributed by atoms with Gasteiger partial charge in [-0.1, -0.05) is 47.3 Å². The Bertz CT molecular complexity index is 467. The van der Waals surface area contributed by atoms with Crippen molar-refractivity contribution in [2.45, 2.75) is 57.0 Å². The first-order valence-electron chi connectivity index (χ1n) is 7.27. The van der Waals surface area contributed by atoms with Gasteiger partial charge in [-0.2, -0.15) is 0 Å². The normalized spacial score (nSPS) is 17.9. The van der Waals surface area contributed by atoms with E-state index in [-0.39, 0.29) is 6.42 Å². The van der Waals surface area contributed by atoms with Crippen LogP contribution in [0.25, 0.3) is 0 Å². The van der Waals surface area contributed by atoms with E-state index in [4.69, 9.17) is 5.11 Å². The molecular weight excluding hydrogens is 320 g/mol. The lowest BCUT2D eigenvalue weighted by atomic mass is 9.84. The Morgan fingerprint density at radius 1 is 1.30 bits per heavy atom. The van der Waals surface area contributed by atoms with Crippen molar-refractivity contribution in [3.63, 3.8) is 0 Å². The second-order valence-electron chi connectivity index (χ2n) is 5.58. The first-order chi connectivity index (χ1) is 9.58. The number of carboxylic acids is 1. The molecule has 3 nitrogen and oxygen atoms in total. The summed E-state index contributed by atoms with van der Waals surface area (Å²) in [7, 11) is 0. The Morgan fingerprint density at radius 3 is 2.60 bits per heavy atom. The summed E-state index contributed by atoms with van der Waals surface area (Å²) in [5.74, 6) is -0.500. The van der Waals surface area contributed by atoms with E-state index in [0.29, 0.717) is 12.3 Å². The second-order valence-corrected chi connectivity index (χ2v) is 6.44. The fourth-order valence-corrected chi connectivity index (χ4v) is 3.65. The zero-order valence-corrected chi connectivity index (χ0v) is 13.1. The molecular formula is C16H21BrO3. The summed E-state index contributed by atoms with van der Waals surface area (Å²) in [6, 6.07) is 6.28. The van der Waals surface area contributed by atoms with Crippen LogP contribution in [0.2, 0.25) is 0 Å². The van der Waals surface area contributed by atoms with E-state index in [9.17, 15) is 9.90 Å². The lowest BCUT2D eigenvalue weighted by Gasteiger charge is -2.23. The number of hydrogen-bond donors (Lipinski definition) is 2. The first-order valence-corrected chi connectivity index (χ1v) is 8.06. The standard InChI is InChI=1S/C16H21BrO3/c17-14-10-11(7-9-15(18)16(19)20)6-8-13(14)12-4-2-1-3-5-12/h6,8,10,12,15,18H,1-5,7,9H2,(H,19,20). The van der Waals surface area contributed by atoms with E-state index in [0.717, 1.165) is 10.0 Å². The van der Waals surface area contributed by atoms with Gasteiger partial charge in [0.2, 0.25) is 0 Å². The predicted octanol–water partition coefficient (Wildman–Crippen LogP) is 3.87. The van der Waals surface area contributed by atoms with E-state index in [1.165, 1.54) is 37.7 Å². The van der Waals surface area contributed by atoms with Crippen molar-refractivity contribution in [3.8, 4) is 0 Å². The highest BCUT2D eigenvalue weighted by molar-refractivity contribution is 9.10. The quantitative estimate of drug-likeness (QED) is 0.855. The predicted molar refractivity (Wildman–Crippen MR) is 81.9 cm³/mol. The highest BCUT2D eigenvalue weighted by Gasteiger charge is 2.18. The van der Waals surface area contributed by atoms with Crippen molar-refractivity contribution in [2.75, 3.05) is 0 Å². The molecule has 2 rings (SSSR count). The van der Waals surface area contributed by atoms with Crippen LogP contribution in [0.3, 0.4) is 0 Å². The third-order valence-corrected chi connectivity index (χ3v) is 4.79. The van der Waals surface area contributed by atoms with Gasteiger partial charge in [0.05, 0.1) is 0 Å². The summed E-state index contributed by atoms with van der Waals surface area (Å²) in [5, 5.41) is 18.0. The van der Waals surface area contributed by atoms with Gasteiger partial charge in [-0.05, 0) is 48.8 Å². The molecule has 0 aliphatic heterocycles. The second kappa shape index (κ2) is 7.23. The summed E-state index contributed by atoms with van der Waals surface area (Å²) >= 11 is 3.64. The molecule has 1 unspecified atom stereocenters. The summed E-state index contributed by atoms with van der Waals surface area (Å²) in [4.78, 5) is 10.6. The van der Waals surface area contributed by atoms with Gasteiger partial charge in [-0.15, -0.1) is 0 Å². The molecule has 1 aliphatic carbocycles. The van der Waals surface area contributed by atoms with E-state index in [1.54, 1.807) is 0 Å². The third-order valence-electron chi connectivity index (χ3n) is 4.10. The van der Waals surface area contributed by atoms with Crippen LogP contribution in [-0.2, 0) is 11.2 Å². The summed E-state index contributed by atoms with van der Waals surface area (Å²) in [6.45, 7) is 0. The van der Waals surface area contributed by atoms with Crippen molar-refractivity contribution in [3.05, 3.63) is 33.8 Å². The van der Waals surface area contributed by atoms with Crippen molar-refractivity contribution in [2.24, 2.45) is 0 Å². The fraction of sp³-hybridized carbons (Fsp3) is 0.562. The Hall–Kier alpha value is -0.870. The number of aliphatic hydroxyl groups is 1. The van der Waals surface area contributed by atoms with Crippen LogP contribution in [0.4, 0.5) is 0 Å². The summed E-state index contributed by atoms with van der Waals surface area (Å²) in [6.07, 6.45) is 6.05. The van der Waals surface area contributed by atoms with E-state index in [1.807, 2.05) is 0 Å². The van der Waals surface area contributed by atoms with Crippen molar-refractivity contribution in [1.82, 2.24) is 0 Å². The van der Waals surface area contributed by atoms with Crippen molar-refractivity contribution >= 4 is 21.9 Å². The molecule has 4 heteroatoms. The van der Waals surface area contributed by atoms with Gasteiger partial charge < -0.3 is 10.2 Å². The minimum atomic E-state index is -1.27. The molecule has 0 radical (unpaired) electrons. The number of aliphatic hydroxyl groups excluding tert-OH is 1. The highest BCUT2D eigenvalue weighted by atomic mass is 79.9. The number of hydrogen-bond acceptors (Lipinski definition) is 2. The number of rotatable bonds is 5. The highest BCUT2D eigenvalue weighted by Crippen LogP contribution is 2.36. The van der Waals surface area contributed by atoms with Gasteiger partial charge in [0.25, 0.3) is 0 Å². The SMILES string of the molecule is O=C(O)C(O)CCc1ccc(C2CCCCC2)c(Br)c1. The zero-order valence-electron chi connectivity index (χ0n) is 11.5. The number of carbonyl (C=O) groups is 1. The van der Waals surface area contributed by atoms with E-state index in [2.05, 4.69) is 34.1 Å². The number of halogens is 1. The van der Waals surface area contributed by atoms with Gasteiger partial charge in [-0.3, -0.25) is 0 Å². The Kier molecular flexibility index (Phi) is 5.61. The number of carboxylic acid groups (broad SMARTS) is 1. The van der Waals surface area contributed by atoms with E-state index < -0.39 is 12.1 Å². The van der Waals surface area contributed by atoms with Crippen LogP contribution in [0.1, 0.15) is 55.6 Å². The maximum atomic E-state index is 10.6. The Balaban J connectivity index is 2.00. The van der Waals surface area contributed by atoms with Crippen molar-refractivity contribution in [1.29, 1.82) is 0 Å². The Labute approximate surface area is 128 Å². The van der Waals surface area contributed by atoms with Crippen LogP contribution in [0, 0.1) is 0 Å². The van der Waals surface area contributed by atoms with Crippen LogP contribution >= 0.6 is 15.9 Å². The summed E-state index contributed by atoms with van der Waals surface area (Å²) in [5.41, 5.74) is 2.43. The molecule has 20 heavy (non-hydrogen) atoms. The molecule has 0 bridgehead atoms. The Morgan fingerprint density at radius 2 is 2.00 bits per heavy atom. The maximum Gasteiger partial charge on any atom is 0.332 e. The van der Waals surface area contributed by atoms with Crippen molar-refractivity contribution < 1.29 is 15.0 Å². The molecule has 1 aliphatic rings. The maximum absolute atomic E-state index is 10.6. The fourth-order valence-electron chi connectivity index (χ4n) is 2.90. The molecule has 0 amide bonds. The zero-order chi connectivity index (χ0) is 14.5. The molecule has 1 saturated carbocycles. The minimum absolute atomic E-state index is 0.255. The van der Waals surface area contributed by atoms with E-state index >= 15 is 0 Å². The van der Waals surface area contributed by atoms with Crippen LogP contribution in [0.15, 0.2) is 22.7 Å². The van der Waals surface area contributed by atoms with Crippen LogP contribution in [0.5, 0.6) is 0 Å². The molecule has 1 atom stereocenters. The molecule has 2 N–H and O–H groups in total. The lowest BCUT2D eigenvalue weighted by Crippen LogP contribution is -2.19. The molecule has 0 saturated heterocycles. The number of benzene rings is 1. The largest absolute Gasteiger partial charge is 0.479 e. The van der Waals surface area contributed by atoms with Gasteiger partial charge in [-0.25, -0.2) is 4.79 Å². The monoisotopic (exact) mass is 340 g/mol. The van der Waals surface area contributed by atoms with Gasteiger partial charge in [0.15, 0.2) is 6.10 Å². The van der Waals surface area contributed by atoms with Crippen LogP contribution < -0.4 is 0 Å². The topological polar surface area (TPSA) is 57.5 Å². The number of aryl methyl sites for hydroxylation is 1. The molecule has 0 heterocycles. The average Bonchev–Trinajstić information content (AvgIpc) is 2.45. The molecule has 0 spiro atoms. The van der Waals surface area contributed by atoms with Gasteiger partial charge >= 0.3 is 5.97 Å². The first kappa shape index (κ1) is 15.5. The lowest BCUT2D eigenvalue weighted by molar-refractivity contribution is -0.146. The number of aliphatic carboxylic acids is 1. The molecule has 1 aromatic carbocycles. The summed E-state index contributed by atoms with van der Waals surface area (Å²) < 4.78 is 1.12. The van der Waals surface area contributed by atoms with Crippen LogP contribution in [-0.4, -0.2) is 22.3 Å². The minimum Gasteiger partial charge on any atom is -0.479 e. The third kappa shape index (κ3) is 4.06. The molecule has 0 aromatic heterocycles. The smallest absolute Gasteiger partial charge is 0.332 e.